The number of nitrogens with zero attached hydrogens (tertiary/aromatic N) is 2. The van der Waals surface area contributed by atoms with Crippen molar-refractivity contribution in [2.24, 2.45) is 0 Å². The normalized spacial score (nSPS) is 16.4. The summed E-state index contributed by atoms with van der Waals surface area (Å²) < 4.78 is 26.6. The molecule has 0 spiro atoms. The molecule has 2 rings (SSSR count). The Morgan fingerprint density at radius 1 is 1.33 bits per heavy atom. The first-order valence-corrected chi connectivity index (χ1v) is 7.04. The van der Waals surface area contributed by atoms with Crippen LogP contribution in [0.15, 0.2) is 24.3 Å². The number of nitro benzene ring substituents is 1. The van der Waals surface area contributed by atoms with E-state index < -0.39 is 15.0 Å². The zero-order chi connectivity index (χ0) is 13.3. The van der Waals surface area contributed by atoms with Crippen LogP contribution in [0.4, 0.5) is 11.4 Å². The van der Waals surface area contributed by atoms with Gasteiger partial charge in [0.15, 0.2) is 0 Å². The minimum atomic E-state index is -3.42. The fourth-order valence-corrected chi connectivity index (χ4v) is 2.36. The molecule has 1 fully saturated rings. The largest absolute Gasteiger partial charge is 0.366 e. The van der Waals surface area contributed by atoms with E-state index in [0.29, 0.717) is 13.1 Å². The molecule has 1 aromatic rings. The van der Waals surface area contributed by atoms with E-state index in [0.717, 1.165) is 11.9 Å². The fourth-order valence-electron chi connectivity index (χ4n) is 1.74. The number of hydrogen-bond donors (Lipinski definition) is 0. The highest BCUT2D eigenvalue weighted by molar-refractivity contribution is 7.86. The molecule has 1 aliphatic rings. The van der Waals surface area contributed by atoms with E-state index in [-0.39, 0.29) is 11.8 Å². The Labute approximate surface area is 104 Å². The number of rotatable bonds is 4. The average molecular weight is 272 g/mol. The number of benzene rings is 1. The summed E-state index contributed by atoms with van der Waals surface area (Å²) in [5.74, 6) is 0. The van der Waals surface area contributed by atoms with Gasteiger partial charge in [0.2, 0.25) is 0 Å². The van der Waals surface area contributed by atoms with Gasteiger partial charge in [0.05, 0.1) is 11.2 Å². The van der Waals surface area contributed by atoms with Gasteiger partial charge in [0.1, 0.15) is 6.10 Å². The lowest BCUT2D eigenvalue weighted by Gasteiger charge is -2.39. The van der Waals surface area contributed by atoms with Crippen molar-refractivity contribution >= 4 is 21.5 Å². The van der Waals surface area contributed by atoms with Crippen molar-refractivity contribution in [3.63, 3.8) is 0 Å². The molecular weight excluding hydrogens is 260 g/mol. The highest BCUT2D eigenvalue weighted by Gasteiger charge is 2.30. The maximum atomic E-state index is 10.9. The average Bonchev–Trinajstić information content (AvgIpc) is 2.22. The van der Waals surface area contributed by atoms with Crippen molar-refractivity contribution in [3.05, 3.63) is 34.4 Å². The molecule has 1 heterocycles. The lowest BCUT2D eigenvalue weighted by molar-refractivity contribution is -0.384. The van der Waals surface area contributed by atoms with E-state index in [1.807, 2.05) is 4.90 Å². The lowest BCUT2D eigenvalue weighted by Crippen LogP contribution is -2.52. The van der Waals surface area contributed by atoms with E-state index in [9.17, 15) is 18.5 Å². The maximum absolute atomic E-state index is 10.9. The molecular formula is C10H12N2O5S. The lowest BCUT2D eigenvalue weighted by atomic mass is 10.1. The first-order valence-electron chi connectivity index (χ1n) is 5.23. The second kappa shape index (κ2) is 4.54. The van der Waals surface area contributed by atoms with Crippen LogP contribution in [0.25, 0.3) is 0 Å². The molecule has 0 N–H and O–H groups in total. The summed E-state index contributed by atoms with van der Waals surface area (Å²) in [6, 6.07) is 6.10. The Bertz CT molecular complexity index is 548. The van der Waals surface area contributed by atoms with Gasteiger partial charge in [-0.2, -0.15) is 8.42 Å². The Balaban J connectivity index is 1.94. The summed E-state index contributed by atoms with van der Waals surface area (Å²) in [6.07, 6.45) is 0.678. The topological polar surface area (TPSA) is 89.8 Å². The van der Waals surface area contributed by atoms with Crippen LogP contribution in [-0.4, -0.2) is 38.8 Å². The number of anilines is 1. The van der Waals surface area contributed by atoms with Gasteiger partial charge >= 0.3 is 0 Å². The van der Waals surface area contributed by atoms with Gasteiger partial charge in [-0.15, -0.1) is 0 Å². The third-order valence-electron chi connectivity index (χ3n) is 2.58. The second-order valence-corrected chi connectivity index (χ2v) is 5.70. The van der Waals surface area contributed by atoms with Crippen LogP contribution < -0.4 is 4.90 Å². The molecule has 7 nitrogen and oxygen atoms in total. The maximum Gasteiger partial charge on any atom is 0.269 e. The Hall–Kier alpha value is -1.67. The van der Waals surface area contributed by atoms with Crippen LogP contribution in [0.3, 0.4) is 0 Å². The third-order valence-corrected chi connectivity index (χ3v) is 3.21. The summed E-state index contributed by atoms with van der Waals surface area (Å²) in [5, 5.41) is 10.5. The molecule has 0 radical (unpaired) electrons. The quantitative estimate of drug-likeness (QED) is 0.456. The molecule has 98 valence electrons. The fraction of sp³-hybridized carbons (Fsp3) is 0.400. The number of non-ortho nitro benzene ring substituents is 1. The van der Waals surface area contributed by atoms with Crippen LogP contribution in [-0.2, 0) is 14.3 Å². The zero-order valence-corrected chi connectivity index (χ0v) is 10.5. The van der Waals surface area contributed by atoms with Crippen molar-refractivity contribution in [3.8, 4) is 0 Å². The molecule has 1 aliphatic heterocycles. The van der Waals surface area contributed by atoms with Crippen LogP contribution in [0.1, 0.15) is 0 Å². The van der Waals surface area contributed by atoms with Crippen molar-refractivity contribution in [1.82, 2.24) is 0 Å². The zero-order valence-electron chi connectivity index (χ0n) is 9.64. The molecule has 1 aromatic carbocycles. The summed E-state index contributed by atoms with van der Waals surface area (Å²) >= 11 is 0. The van der Waals surface area contributed by atoms with Gasteiger partial charge in [-0.3, -0.25) is 14.3 Å². The van der Waals surface area contributed by atoms with E-state index in [4.69, 9.17) is 4.18 Å². The molecule has 0 saturated carbocycles. The van der Waals surface area contributed by atoms with Gasteiger partial charge in [-0.25, -0.2) is 0 Å². The minimum Gasteiger partial charge on any atom is -0.366 e. The Kier molecular flexibility index (Phi) is 3.22. The predicted octanol–water partition coefficient (Wildman–Crippen LogP) is 0.760. The van der Waals surface area contributed by atoms with Crippen molar-refractivity contribution in [1.29, 1.82) is 0 Å². The molecule has 0 amide bonds. The molecule has 0 aromatic heterocycles. The molecule has 18 heavy (non-hydrogen) atoms. The molecule has 0 aliphatic carbocycles. The van der Waals surface area contributed by atoms with Gasteiger partial charge in [-0.05, 0) is 12.1 Å². The summed E-state index contributed by atoms with van der Waals surface area (Å²) in [4.78, 5) is 11.9. The van der Waals surface area contributed by atoms with Crippen LogP contribution in [0.2, 0.25) is 0 Å². The first-order chi connectivity index (χ1) is 8.35. The molecule has 1 saturated heterocycles. The standard InChI is InChI=1S/C10H12N2O5S/c1-18(15,16)17-10-6-11(7-10)8-2-4-9(5-3-8)12(13)14/h2-5,10H,6-7H2,1H3. The molecule has 8 heteroatoms. The monoisotopic (exact) mass is 272 g/mol. The smallest absolute Gasteiger partial charge is 0.269 e. The highest BCUT2D eigenvalue weighted by atomic mass is 32.2. The van der Waals surface area contributed by atoms with Crippen molar-refractivity contribution < 1.29 is 17.5 Å². The van der Waals surface area contributed by atoms with Gasteiger partial charge in [0.25, 0.3) is 15.8 Å². The third kappa shape index (κ3) is 2.96. The van der Waals surface area contributed by atoms with Crippen molar-refractivity contribution in [2.75, 3.05) is 24.2 Å². The Morgan fingerprint density at radius 3 is 2.33 bits per heavy atom. The van der Waals surface area contributed by atoms with Gasteiger partial charge in [0, 0.05) is 30.9 Å². The van der Waals surface area contributed by atoms with Crippen LogP contribution in [0, 0.1) is 10.1 Å². The second-order valence-electron chi connectivity index (χ2n) is 4.10. The van der Waals surface area contributed by atoms with E-state index in [1.54, 1.807) is 12.1 Å². The van der Waals surface area contributed by atoms with Gasteiger partial charge in [-0.1, -0.05) is 0 Å². The predicted molar refractivity (Wildman–Crippen MR) is 65.0 cm³/mol. The molecule has 0 atom stereocenters. The van der Waals surface area contributed by atoms with Crippen molar-refractivity contribution in [2.45, 2.75) is 6.10 Å². The highest BCUT2D eigenvalue weighted by Crippen LogP contribution is 2.25. The van der Waals surface area contributed by atoms with Crippen LogP contribution >= 0.6 is 0 Å². The summed E-state index contributed by atoms with van der Waals surface area (Å²) in [5.41, 5.74) is 0.845. The van der Waals surface area contributed by atoms with E-state index in [1.165, 1.54) is 12.1 Å². The van der Waals surface area contributed by atoms with E-state index >= 15 is 0 Å². The number of hydrogen-bond acceptors (Lipinski definition) is 6. The number of nitro groups is 1. The SMILES string of the molecule is CS(=O)(=O)OC1CN(c2ccc([N+](=O)[O-])cc2)C1. The van der Waals surface area contributed by atoms with Crippen LogP contribution in [0.5, 0.6) is 0 Å². The molecule has 0 bridgehead atoms. The minimum absolute atomic E-state index is 0.0307. The summed E-state index contributed by atoms with van der Waals surface area (Å²) in [6.45, 7) is 0.926. The van der Waals surface area contributed by atoms with Gasteiger partial charge < -0.3 is 4.90 Å². The van der Waals surface area contributed by atoms with E-state index in [2.05, 4.69) is 0 Å². The summed E-state index contributed by atoms with van der Waals surface area (Å²) in [7, 11) is -3.42. The Morgan fingerprint density at radius 2 is 1.89 bits per heavy atom. The molecule has 0 unspecified atom stereocenters. The first kappa shape index (κ1) is 12.8.